The molecular formula is C28H42N4O2S. The van der Waals surface area contributed by atoms with Crippen molar-refractivity contribution in [3.05, 3.63) is 60.2 Å². The van der Waals surface area contributed by atoms with E-state index in [0.29, 0.717) is 17.3 Å². The predicted molar refractivity (Wildman–Crippen MR) is 150 cm³/mol. The summed E-state index contributed by atoms with van der Waals surface area (Å²) < 4.78 is 13.0. The van der Waals surface area contributed by atoms with E-state index in [0.717, 1.165) is 31.0 Å². The lowest BCUT2D eigenvalue weighted by molar-refractivity contribution is -0.122. The molecule has 0 aromatic rings. The van der Waals surface area contributed by atoms with Crippen molar-refractivity contribution in [2.24, 2.45) is 16.8 Å². The summed E-state index contributed by atoms with van der Waals surface area (Å²) in [5.41, 5.74) is 0.716. The Morgan fingerprint density at radius 1 is 1.37 bits per heavy atom. The molecule has 0 saturated carbocycles. The van der Waals surface area contributed by atoms with E-state index in [1.54, 1.807) is 24.1 Å². The van der Waals surface area contributed by atoms with Gasteiger partial charge in [-0.1, -0.05) is 65.0 Å². The van der Waals surface area contributed by atoms with Gasteiger partial charge >= 0.3 is 0 Å². The number of nitrogens with one attached hydrogen (secondary N) is 1. The van der Waals surface area contributed by atoms with Crippen LogP contribution in [0.3, 0.4) is 0 Å². The molecular weight excluding hydrogens is 456 g/mol. The molecule has 1 rings (SSSR count). The third-order valence-corrected chi connectivity index (χ3v) is 7.26. The third-order valence-electron chi connectivity index (χ3n) is 5.45. The summed E-state index contributed by atoms with van der Waals surface area (Å²) in [7, 11) is 0.671. The Balaban J connectivity index is 2.62. The summed E-state index contributed by atoms with van der Waals surface area (Å²) in [6.45, 7) is 21.4. The molecule has 0 fully saturated rings. The van der Waals surface area contributed by atoms with Crippen molar-refractivity contribution in [2.45, 2.75) is 46.3 Å². The van der Waals surface area contributed by atoms with Crippen LogP contribution >= 0.6 is 0 Å². The minimum Gasteiger partial charge on any atom is -0.351 e. The Kier molecular flexibility index (Phi) is 13.9. The summed E-state index contributed by atoms with van der Waals surface area (Å²) in [6, 6.07) is 2.90. The zero-order valence-corrected chi connectivity index (χ0v) is 23.0. The second-order valence-electron chi connectivity index (χ2n) is 8.91. The summed E-state index contributed by atoms with van der Waals surface area (Å²) in [5.74, 6) is 3.38. The summed E-state index contributed by atoms with van der Waals surface area (Å²) in [5, 5.41) is 2.92. The van der Waals surface area contributed by atoms with Gasteiger partial charge in [-0.3, -0.25) is 13.9 Å². The molecule has 0 bridgehead atoms. The first kappa shape index (κ1) is 30.3. The maximum absolute atomic E-state index is 13.0. The molecule has 0 aliphatic carbocycles. The number of nitrogens with zero attached hydrogens (tertiary/aromatic N) is 3. The van der Waals surface area contributed by atoms with Crippen LogP contribution in [0.15, 0.2) is 65.2 Å². The molecule has 1 aliphatic rings. The minimum atomic E-state index is -1.11. The molecule has 6 nitrogen and oxygen atoms in total. The Morgan fingerprint density at radius 3 is 2.69 bits per heavy atom. The number of carbonyl (C=O) groups excluding carboxylic acids is 1. The van der Waals surface area contributed by atoms with Gasteiger partial charge in [0.05, 0.1) is 10.8 Å². The topological polar surface area (TPSA) is 65.0 Å². The molecule has 35 heavy (non-hydrogen) atoms. The molecule has 0 radical (unpaired) electrons. The lowest BCUT2D eigenvalue weighted by Gasteiger charge is -2.24. The Labute approximate surface area is 215 Å². The van der Waals surface area contributed by atoms with E-state index < -0.39 is 16.7 Å². The fraction of sp³-hybridized carbons (Fsp3) is 0.500. The number of amidine groups is 1. The lowest BCUT2D eigenvalue weighted by atomic mass is 10.1. The fourth-order valence-corrected chi connectivity index (χ4v) is 4.61. The van der Waals surface area contributed by atoms with Gasteiger partial charge in [-0.2, -0.15) is 0 Å². The molecule has 1 N–H and O–H groups in total. The normalized spacial score (nSPS) is 19.0. The van der Waals surface area contributed by atoms with Gasteiger partial charge in [-0.05, 0) is 50.1 Å². The first-order valence-corrected chi connectivity index (χ1v) is 13.4. The average Bonchev–Trinajstić information content (AvgIpc) is 3.01. The number of amides is 1. The summed E-state index contributed by atoms with van der Waals surface area (Å²) in [6.07, 6.45) is 11.3. The first-order chi connectivity index (χ1) is 16.6. The predicted octanol–water partition coefficient (Wildman–Crippen LogP) is 4.24. The number of hydrogen-bond donors (Lipinski definition) is 1. The molecule has 0 aromatic carbocycles. The lowest BCUT2D eigenvalue weighted by Crippen LogP contribution is -2.31. The second-order valence-corrected chi connectivity index (χ2v) is 10.8. The highest BCUT2D eigenvalue weighted by atomic mass is 32.2. The van der Waals surface area contributed by atoms with Gasteiger partial charge in [-0.15, -0.1) is 0 Å². The van der Waals surface area contributed by atoms with Crippen LogP contribution in [0, 0.1) is 23.8 Å². The number of aliphatic imine (C=N–C) groups is 1. The van der Waals surface area contributed by atoms with Crippen molar-refractivity contribution >= 4 is 22.5 Å². The molecule has 3 atom stereocenters. The molecule has 1 aliphatic heterocycles. The van der Waals surface area contributed by atoms with Crippen molar-refractivity contribution < 1.29 is 9.00 Å². The monoisotopic (exact) mass is 498 g/mol. The number of hydrogen-bond acceptors (Lipinski definition) is 4. The van der Waals surface area contributed by atoms with Gasteiger partial charge in [0, 0.05) is 42.5 Å². The largest absolute Gasteiger partial charge is 0.351 e. The maximum Gasteiger partial charge on any atom is 0.239 e. The van der Waals surface area contributed by atoms with E-state index in [2.05, 4.69) is 61.1 Å². The van der Waals surface area contributed by atoms with Crippen molar-refractivity contribution in [2.75, 3.05) is 33.2 Å². The number of likely N-dealkylation sites (N-methyl/N-ethyl adjacent to an activating group) is 1. The maximum atomic E-state index is 13.0. The molecule has 0 aromatic heterocycles. The van der Waals surface area contributed by atoms with Crippen LogP contribution in [0.5, 0.6) is 0 Å². The molecule has 192 valence electrons. The quantitative estimate of drug-likeness (QED) is 0.287. The molecule has 0 spiro atoms. The summed E-state index contributed by atoms with van der Waals surface area (Å²) >= 11 is 0. The van der Waals surface area contributed by atoms with E-state index >= 15 is 0 Å². The van der Waals surface area contributed by atoms with E-state index in [9.17, 15) is 9.00 Å². The highest BCUT2D eigenvalue weighted by Crippen LogP contribution is 2.15. The number of allylic oxidation sites excluding steroid dienone is 2. The van der Waals surface area contributed by atoms with E-state index in [1.807, 2.05) is 32.1 Å². The Hall–Kier alpha value is -2.69. The van der Waals surface area contributed by atoms with Crippen LogP contribution in [0.2, 0.25) is 0 Å². The minimum absolute atomic E-state index is 0.0493. The van der Waals surface area contributed by atoms with Gasteiger partial charge in [-0.25, -0.2) is 4.99 Å². The highest BCUT2D eigenvalue weighted by molar-refractivity contribution is 7.89. The SMILES string of the molecule is C=CN=C1C=CC(C(=O)NCC(=C)/C=C\C(=C/C)S(=O)C(C)CCN(CC)CC(C)C)C#CN1C. The van der Waals surface area contributed by atoms with E-state index in [1.165, 1.54) is 6.20 Å². The van der Waals surface area contributed by atoms with Crippen LogP contribution in [0.25, 0.3) is 0 Å². The first-order valence-electron chi connectivity index (χ1n) is 12.2. The number of rotatable bonds is 14. The van der Waals surface area contributed by atoms with Gasteiger partial charge in [0.25, 0.3) is 0 Å². The van der Waals surface area contributed by atoms with Crippen molar-refractivity contribution in [1.82, 2.24) is 15.1 Å². The Morgan fingerprint density at radius 2 is 2.09 bits per heavy atom. The highest BCUT2D eigenvalue weighted by Gasteiger charge is 2.17. The smallest absolute Gasteiger partial charge is 0.239 e. The van der Waals surface area contributed by atoms with E-state index in [4.69, 9.17) is 0 Å². The molecule has 7 heteroatoms. The average molecular weight is 499 g/mol. The molecule has 1 amide bonds. The van der Waals surface area contributed by atoms with Crippen LogP contribution < -0.4 is 5.32 Å². The van der Waals surface area contributed by atoms with Crippen molar-refractivity contribution in [1.29, 1.82) is 0 Å². The van der Waals surface area contributed by atoms with Gasteiger partial charge < -0.3 is 10.2 Å². The molecule has 3 unspecified atom stereocenters. The van der Waals surface area contributed by atoms with Crippen LogP contribution in [0.1, 0.15) is 41.0 Å². The summed E-state index contributed by atoms with van der Waals surface area (Å²) in [4.78, 5) is 21.5. The van der Waals surface area contributed by atoms with Crippen molar-refractivity contribution in [3.63, 3.8) is 0 Å². The molecule has 1 heterocycles. The fourth-order valence-electron chi connectivity index (χ4n) is 3.39. The second kappa shape index (κ2) is 16.1. The van der Waals surface area contributed by atoms with Crippen LogP contribution in [-0.2, 0) is 15.6 Å². The number of carbonyl (C=O) groups is 1. The van der Waals surface area contributed by atoms with Crippen LogP contribution in [0.4, 0.5) is 0 Å². The van der Waals surface area contributed by atoms with Gasteiger partial charge in [0.15, 0.2) is 0 Å². The van der Waals surface area contributed by atoms with Crippen molar-refractivity contribution in [3.8, 4) is 12.0 Å². The molecule has 0 saturated heterocycles. The van der Waals surface area contributed by atoms with Gasteiger partial charge in [0.2, 0.25) is 5.91 Å². The Bertz CT molecular complexity index is 950. The zero-order valence-electron chi connectivity index (χ0n) is 22.2. The van der Waals surface area contributed by atoms with E-state index in [-0.39, 0.29) is 17.7 Å². The standard InChI is InChI=1S/C28H42N4O2S/c1-9-26(35(34)24(7)16-19-32(11-3)21-22(4)5)14-12-23(6)20-30-28(33)25-13-15-27(29-10-2)31(8)18-17-25/h9-10,12-15,22,24-25H,2,6,11,16,19-21H2,1,3-5,7-8H3,(H,30,33)/b14-12-,26-9+,29-27?. The van der Waals surface area contributed by atoms with Gasteiger partial charge in [0.1, 0.15) is 11.8 Å². The van der Waals surface area contributed by atoms with Crippen LogP contribution in [-0.4, -0.2) is 64.2 Å². The third kappa shape index (κ3) is 11.1. The zero-order chi connectivity index (χ0) is 26.4.